The fourth-order valence-electron chi connectivity index (χ4n) is 2.80. The number of aliphatic imine (C=N–C) groups is 1. The van der Waals surface area contributed by atoms with Gasteiger partial charge in [0, 0.05) is 17.8 Å². The van der Waals surface area contributed by atoms with Crippen molar-refractivity contribution in [2.24, 2.45) is 10.7 Å². The average molecular weight is 329 g/mol. The normalized spacial score (nSPS) is 28.1. The van der Waals surface area contributed by atoms with Crippen molar-refractivity contribution >= 4 is 17.4 Å². The van der Waals surface area contributed by atoms with Crippen molar-refractivity contribution in [3.05, 3.63) is 11.3 Å². The van der Waals surface area contributed by atoms with Gasteiger partial charge in [-0.15, -0.1) is 0 Å². The lowest BCUT2D eigenvalue weighted by Gasteiger charge is -2.36. The van der Waals surface area contributed by atoms with E-state index in [1.54, 1.807) is 0 Å². The van der Waals surface area contributed by atoms with E-state index in [1.165, 1.54) is 6.92 Å². The zero-order chi connectivity index (χ0) is 17.2. The van der Waals surface area contributed by atoms with E-state index in [1.807, 2.05) is 0 Å². The highest BCUT2D eigenvalue weighted by atomic mass is 19.3. The number of nitrogens with two attached hydrogens (primary N) is 1. The Kier molecular flexibility index (Phi) is 5.13. The molecular weight excluding hydrogens is 308 g/mol. The van der Waals surface area contributed by atoms with Crippen LogP contribution in [0.15, 0.2) is 16.3 Å². The molecule has 2 aliphatic rings. The third kappa shape index (κ3) is 3.93. The van der Waals surface area contributed by atoms with Crippen LogP contribution in [0.5, 0.6) is 0 Å². The van der Waals surface area contributed by atoms with Crippen LogP contribution in [-0.4, -0.2) is 59.1 Å². The Morgan fingerprint density at radius 1 is 1.43 bits per heavy atom. The SMILES string of the molecule is CC(=O)CN=C1CCC/C1=C(/N)C(=O)N1CCC(O)C(F)(F)C1. The number of aliphatic hydroxyl groups is 1. The predicted octanol–water partition coefficient (Wildman–Crippen LogP) is 0.642. The van der Waals surface area contributed by atoms with Crippen molar-refractivity contribution in [2.45, 2.75) is 44.6 Å². The molecule has 0 bridgehead atoms. The highest BCUT2D eigenvalue weighted by Gasteiger charge is 2.45. The van der Waals surface area contributed by atoms with E-state index in [0.717, 1.165) is 11.3 Å². The molecule has 1 amide bonds. The maximum Gasteiger partial charge on any atom is 0.290 e. The molecule has 1 aliphatic heterocycles. The van der Waals surface area contributed by atoms with Crippen LogP contribution in [0.2, 0.25) is 0 Å². The van der Waals surface area contributed by atoms with Crippen molar-refractivity contribution in [1.29, 1.82) is 0 Å². The number of carbonyl (C=O) groups is 2. The lowest BCUT2D eigenvalue weighted by atomic mass is 10.0. The summed E-state index contributed by atoms with van der Waals surface area (Å²) in [6, 6.07) is 0. The molecule has 2 fully saturated rings. The molecule has 1 atom stereocenters. The standard InChI is InChI=1S/C15H21F2N3O3/c1-9(21)7-19-11-4-2-3-10(11)13(18)14(23)20-6-5-12(22)15(16,17)8-20/h12,22H,2-8,18H2,1H3/b13-10-,19-11?. The molecule has 1 saturated heterocycles. The van der Waals surface area contributed by atoms with Gasteiger partial charge in [0.05, 0.1) is 13.1 Å². The number of piperidine rings is 1. The van der Waals surface area contributed by atoms with Gasteiger partial charge >= 0.3 is 0 Å². The van der Waals surface area contributed by atoms with Gasteiger partial charge in [-0.25, -0.2) is 8.78 Å². The van der Waals surface area contributed by atoms with Gasteiger partial charge in [-0.05, 0) is 32.6 Å². The molecule has 23 heavy (non-hydrogen) atoms. The zero-order valence-electron chi connectivity index (χ0n) is 13.0. The van der Waals surface area contributed by atoms with Crippen molar-refractivity contribution in [3.63, 3.8) is 0 Å². The Balaban J connectivity index is 2.17. The number of alkyl halides is 2. The fourth-order valence-corrected chi connectivity index (χ4v) is 2.80. The molecule has 2 rings (SSSR count). The number of halogens is 2. The van der Waals surface area contributed by atoms with Gasteiger partial charge in [0.1, 0.15) is 11.8 Å². The summed E-state index contributed by atoms with van der Waals surface area (Å²) >= 11 is 0. The van der Waals surface area contributed by atoms with E-state index < -0.39 is 24.5 Å². The van der Waals surface area contributed by atoms with Crippen LogP contribution in [0.3, 0.4) is 0 Å². The summed E-state index contributed by atoms with van der Waals surface area (Å²) in [6.45, 7) is 0.622. The van der Waals surface area contributed by atoms with Gasteiger partial charge in [0.2, 0.25) is 0 Å². The first-order valence-corrected chi connectivity index (χ1v) is 7.59. The Bertz CT molecular complexity index is 572. The molecule has 3 N–H and O–H groups in total. The van der Waals surface area contributed by atoms with Crippen molar-refractivity contribution in [2.75, 3.05) is 19.6 Å². The molecule has 0 aromatic carbocycles. The minimum absolute atomic E-state index is 0.0221. The second-order valence-corrected chi connectivity index (χ2v) is 6.00. The number of ketones is 1. The highest BCUT2D eigenvalue weighted by Crippen LogP contribution is 2.29. The van der Waals surface area contributed by atoms with Gasteiger partial charge in [0.25, 0.3) is 11.8 Å². The number of hydrogen-bond acceptors (Lipinski definition) is 5. The molecule has 8 heteroatoms. The minimum Gasteiger partial charge on any atom is -0.394 e. The van der Waals surface area contributed by atoms with Crippen LogP contribution in [-0.2, 0) is 9.59 Å². The average Bonchev–Trinajstić information content (AvgIpc) is 2.94. The van der Waals surface area contributed by atoms with Crippen LogP contribution in [0.25, 0.3) is 0 Å². The van der Waals surface area contributed by atoms with Crippen LogP contribution >= 0.6 is 0 Å². The summed E-state index contributed by atoms with van der Waals surface area (Å²) in [5, 5.41) is 9.27. The predicted molar refractivity (Wildman–Crippen MR) is 80.2 cm³/mol. The smallest absolute Gasteiger partial charge is 0.290 e. The number of allylic oxidation sites excluding steroid dienone is 1. The lowest BCUT2D eigenvalue weighted by molar-refractivity contribution is -0.162. The third-order valence-electron chi connectivity index (χ3n) is 4.09. The second-order valence-electron chi connectivity index (χ2n) is 6.00. The van der Waals surface area contributed by atoms with Gasteiger partial charge in [0.15, 0.2) is 5.78 Å². The first-order valence-electron chi connectivity index (χ1n) is 7.59. The van der Waals surface area contributed by atoms with E-state index in [-0.39, 0.29) is 31.0 Å². The monoisotopic (exact) mass is 329 g/mol. The second kappa shape index (κ2) is 6.74. The Morgan fingerprint density at radius 2 is 2.13 bits per heavy atom. The summed E-state index contributed by atoms with van der Waals surface area (Å²) in [5.74, 6) is -4.10. The fraction of sp³-hybridized carbons (Fsp3) is 0.667. The number of aliphatic hydroxyl groups excluding tert-OH is 1. The van der Waals surface area contributed by atoms with Crippen molar-refractivity contribution < 1.29 is 23.5 Å². The van der Waals surface area contributed by atoms with Gasteiger partial charge in [-0.2, -0.15) is 0 Å². The summed E-state index contributed by atoms with van der Waals surface area (Å²) in [5.41, 5.74) is 6.96. The molecule has 1 unspecified atom stereocenters. The maximum absolute atomic E-state index is 13.6. The van der Waals surface area contributed by atoms with Gasteiger partial charge < -0.3 is 15.7 Å². The Labute approximate surface area is 133 Å². The maximum atomic E-state index is 13.6. The molecule has 0 spiro atoms. The van der Waals surface area contributed by atoms with E-state index in [0.29, 0.717) is 24.1 Å². The van der Waals surface area contributed by atoms with E-state index in [4.69, 9.17) is 5.73 Å². The largest absolute Gasteiger partial charge is 0.394 e. The molecule has 0 aromatic rings. The number of carbonyl (C=O) groups excluding carboxylic acids is 2. The summed E-state index contributed by atoms with van der Waals surface area (Å²) < 4.78 is 27.1. The first-order chi connectivity index (χ1) is 10.7. The van der Waals surface area contributed by atoms with Crippen LogP contribution in [0, 0.1) is 0 Å². The molecule has 1 aliphatic carbocycles. The van der Waals surface area contributed by atoms with Gasteiger partial charge in [-0.3, -0.25) is 14.6 Å². The quantitative estimate of drug-likeness (QED) is 0.743. The number of likely N-dealkylation sites (tertiary alicyclic amines) is 1. The number of amides is 1. The van der Waals surface area contributed by atoms with E-state index in [9.17, 15) is 23.5 Å². The van der Waals surface area contributed by atoms with E-state index in [2.05, 4.69) is 4.99 Å². The molecule has 1 heterocycles. The molecule has 128 valence electrons. The lowest BCUT2D eigenvalue weighted by Crippen LogP contribution is -2.54. The molecule has 6 nitrogen and oxygen atoms in total. The number of rotatable bonds is 3. The first kappa shape index (κ1) is 17.5. The van der Waals surface area contributed by atoms with Crippen LogP contribution < -0.4 is 5.73 Å². The number of hydrogen-bond donors (Lipinski definition) is 2. The van der Waals surface area contributed by atoms with Crippen LogP contribution in [0.1, 0.15) is 32.6 Å². The molecule has 1 saturated carbocycles. The summed E-state index contributed by atoms with van der Waals surface area (Å²) in [6.07, 6.45) is -0.00613. The van der Waals surface area contributed by atoms with Crippen LogP contribution in [0.4, 0.5) is 8.78 Å². The third-order valence-corrected chi connectivity index (χ3v) is 4.09. The number of nitrogens with zero attached hydrogens (tertiary/aromatic N) is 2. The van der Waals surface area contributed by atoms with Gasteiger partial charge in [-0.1, -0.05) is 0 Å². The molecule has 0 radical (unpaired) electrons. The van der Waals surface area contributed by atoms with E-state index >= 15 is 0 Å². The Hall–Kier alpha value is -1.83. The molecular formula is C15H21F2N3O3. The molecule has 0 aromatic heterocycles. The highest BCUT2D eigenvalue weighted by molar-refractivity contribution is 6.09. The topological polar surface area (TPSA) is 96.0 Å². The summed E-state index contributed by atoms with van der Waals surface area (Å²) in [4.78, 5) is 28.5. The number of Topliss-reactive ketones (excluding diaryl/α,β-unsaturated/α-hetero) is 1. The zero-order valence-corrected chi connectivity index (χ0v) is 13.0. The van der Waals surface area contributed by atoms with Crippen molar-refractivity contribution in [3.8, 4) is 0 Å². The Morgan fingerprint density at radius 3 is 2.74 bits per heavy atom. The minimum atomic E-state index is -3.33. The van der Waals surface area contributed by atoms with Crippen molar-refractivity contribution in [1.82, 2.24) is 4.90 Å². The summed E-state index contributed by atoms with van der Waals surface area (Å²) in [7, 11) is 0.